The van der Waals surface area contributed by atoms with Crippen molar-refractivity contribution in [3.8, 4) is 28.4 Å². The molecule has 1 fully saturated rings. The highest BCUT2D eigenvalue weighted by Gasteiger charge is 2.33. The topological polar surface area (TPSA) is 101 Å². The molecule has 8 nitrogen and oxygen atoms in total. The van der Waals surface area contributed by atoms with Crippen molar-refractivity contribution in [2.24, 2.45) is 0 Å². The molecular formula is C27H29IN2O6. The van der Waals surface area contributed by atoms with Crippen LogP contribution < -0.4 is 15.0 Å². The first-order chi connectivity index (χ1) is 17.4. The molecule has 1 saturated heterocycles. The molecule has 4 rings (SSSR count). The number of hydrogen-bond acceptors (Lipinski definition) is 6. The first-order valence-corrected chi connectivity index (χ1v) is 12.8. The zero-order valence-corrected chi connectivity index (χ0v) is 22.6. The molecule has 0 aliphatic carbocycles. The van der Waals surface area contributed by atoms with Crippen molar-refractivity contribution in [2.75, 3.05) is 33.9 Å². The number of pyridine rings is 1. The van der Waals surface area contributed by atoms with E-state index >= 15 is 0 Å². The van der Waals surface area contributed by atoms with E-state index in [-0.39, 0.29) is 23.7 Å². The van der Waals surface area contributed by atoms with Gasteiger partial charge in [-0.25, -0.2) is 0 Å². The Hall–Kier alpha value is -3.05. The van der Waals surface area contributed by atoms with Gasteiger partial charge in [0, 0.05) is 29.2 Å². The highest BCUT2D eigenvalue weighted by Crippen LogP contribution is 2.46. The summed E-state index contributed by atoms with van der Waals surface area (Å²) in [6, 6.07) is 13.6. The lowest BCUT2D eigenvalue weighted by molar-refractivity contribution is 0.0785. The molecule has 2 N–H and O–H groups in total. The minimum Gasteiger partial charge on any atom is -0.506 e. The smallest absolute Gasteiger partial charge is 0.264 e. The summed E-state index contributed by atoms with van der Waals surface area (Å²) in [5.41, 5.74) is 1.19. The van der Waals surface area contributed by atoms with E-state index < -0.39 is 17.2 Å². The number of carbonyl (C=O) groups excluding carboxylic acids is 1. The van der Waals surface area contributed by atoms with Crippen molar-refractivity contribution in [1.82, 2.24) is 9.88 Å². The normalized spacial score (nSPS) is 15.2. The number of H-pyrrole nitrogens is 1. The Labute approximate surface area is 223 Å². The van der Waals surface area contributed by atoms with E-state index in [2.05, 4.69) is 27.6 Å². The summed E-state index contributed by atoms with van der Waals surface area (Å²) in [5.74, 6) is 0.105. The molecule has 9 heteroatoms. The number of amides is 1. The lowest BCUT2D eigenvalue weighted by Gasteiger charge is -2.21. The van der Waals surface area contributed by atoms with Crippen LogP contribution in [0.1, 0.15) is 40.9 Å². The molecule has 36 heavy (non-hydrogen) atoms. The van der Waals surface area contributed by atoms with Gasteiger partial charge in [0.1, 0.15) is 22.8 Å². The number of rotatable bonds is 8. The summed E-state index contributed by atoms with van der Waals surface area (Å²) in [6.45, 7) is 3.22. The predicted octanol–water partition coefficient (Wildman–Crippen LogP) is 4.54. The average Bonchev–Trinajstić information content (AvgIpc) is 3.38. The molecule has 0 spiro atoms. The Morgan fingerprint density at radius 1 is 1.14 bits per heavy atom. The highest BCUT2D eigenvalue weighted by atomic mass is 127. The number of carbonyl (C=O) groups is 1. The molecule has 0 saturated carbocycles. The summed E-state index contributed by atoms with van der Waals surface area (Å²) in [6.07, 6.45) is 0.780. The maximum Gasteiger partial charge on any atom is 0.264 e. The van der Waals surface area contributed by atoms with Gasteiger partial charge in [0.05, 0.1) is 37.6 Å². The number of halogens is 1. The van der Waals surface area contributed by atoms with Crippen LogP contribution in [0.2, 0.25) is 0 Å². The molecule has 3 aromatic rings. The van der Waals surface area contributed by atoms with Crippen molar-refractivity contribution in [3.05, 3.63) is 73.2 Å². The quantitative estimate of drug-likeness (QED) is 0.367. The molecule has 190 valence electrons. The maximum absolute atomic E-state index is 13.6. The monoisotopic (exact) mass is 604 g/mol. The number of aromatic hydroxyl groups is 1. The lowest BCUT2D eigenvalue weighted by Crippen LogP contribution is -2.33. The average molecular weight is 604 g/mol. The molecule has 0 radical (unpaired) electrons. The van der Waals surface area contributed by atoms with Gasteiger partial charge >= 0.3 is 0 Å². The molecule has 1 atom stereocenters. The molecule has 0 unspecified atom stereocenters. The van der Waals surface area contributed by atoms with Gasteiger partial charge in [-0.1, -0.05) is 30.3 Å². The molecule has 2 aromatic carbocycles. The van der Waals surface area contributed by atoms with Gasteiger partial charge in [-0.15, -0.1) is 0 Å². The van der Waals surface area contributed by atoms with Crippen LogP contribution in [0.25, 0.3) is 11.1 Å². The zero-order valence-electron chi connectivity index (χ0n) is 20.5. The van der Waals surface area contributed by atoms with Crippen LogP contribution in [-0.2, 0) is 11.3 Å². The summed E-state index contributed by atoms with van der Waals surface area (Å²) >= 11 is 2.14. The molecule has 1 aromatic heterocycles. The number of likely N-dealkylation sites (tertiary alicyclic amines) is 1. The number of aromatic amines is 1. The lowest BCUT2D eigenvalue weighted by atomic mass is 9.97. The van der Waals surface area contributed by atoms with Crippen LogP contribution >= 0.6 is 22.6 Å². The molecule has 0 bridgehead atoms. The molecule has 1 aliphatic heterocycles. The van der Waals surface area contributed by atoms with Crippen molar-refractivity contribution in [2.45, 2.75) is 25.9 Å². The van der Waals surface area contributed by atoms with Crippen LogP contribution in [0.3, 0.4) is 0 Å². The molecule has 1 amide bonds. The van der Waals surface area contributed by atoms with E-state index in [4.69, 9.17) is 14.2 Å². The van der Waals surface area contributed by atoms with E-state index in [1.54, 1.807) is 17.0 Å². The second-order valence-corrected chi connectivity index (χ2v) is 9.75. The van der Waals surface area contributed by atoms with E-state index in [1.165, 1.54) is 14.2 Å². The Morgan fingerprint density at radius 3 is 2.42 bits per heavy atom. The Morgan fingerprint density at radius 2 is 1.81 bits per heavy atom. The van der Waals surface area contributed by atoms with Crippen LogP contribution in [0, 0.1) is 3.57 Å². The Balaban J connectivity index is 1.82. The molecule has 1 aliphatic rings. The third-order valence-electron chi connectivity index (χ3n) is 6.40. The van der Waals surface area contributed by atoms with Gasteiger partial charge in [0.15, 0.2) is 0 Å². The second kappa shape index (κ2) is 11.3. The number of methoxy groups -OCH3 is 2. The van der Waals surface area contributed by atoms with Gasteiger partial charge in [0.25, 0.3) is 11.5 Å². The summed E-state index contributed by atoms with van der Waals surface area (Å²) in [7, 11) is 3.03. The summed E-state index contributed by atoms with van der Waals surface area (Å²) in [5, 5.41) is 11.5. The number of aromatic nitrogens is 1. The maximum atomic E-state index is 13.6. The van der Waals surface area contributed by atoms with Crippen molar-refractivity contribution in [1.29, 1.82) is 0 Å². The van der Waals surface area contributed by atoms with E-state index in [1.807, 2.05) is 37.3 Å². The van der Waals surface area contributed by atoms with Crippen molar-refractivity contribution in [3.63, 3.8) is 0 Å². The van der Waals surface area contributed by atoms with E-state index in [9.17, 15) is 14.7 Å². The van der Waals surface area contributed by atoms with Crippen molar-refractivity contribution >= 4 is 28.5 Å². The number of benzene rings is 2. The van der Waals surface area contributed by atoms with E-state index in [0.717, 1.165) is 15.6 Å². The predicted molar refractivity (Wildman–Crippen MR) is 145 cm³/mol. The fourth-order valence-electron chi connectivity index (χ4n) is 4.64. The molecule has 2 heterocycles. The van der Waals surface area contributed by atoms with Gasteiger partial charge in [-0.2, -0.15) is 0 Å². The Bertz CT molecular complexity index is 1280. The first-order valence-electron chi connectivity index (χ1n) is 11.7. The Kier molecular flexibility index (Phi) is 8.20. The zero-order chi connectivity index (χ0) is 25.8. The molecular weight excluding hydrogens is 575 g/mol. The van der Waals surface area contributed by atoms with Gasteiger partial charge in [-0.3, -0.25) is 9.59 Å². The summed E-state index contributed by atoms with van der Waals surface area (Å²) < 4.78 is 17.6. The fraction of sp³-hybridized carbons (Fsp3) is 0.333. The third kappa shape index (κ3) is 5.08. The van der Waals surface area contributed by atoms with Crippen LogP contribution in [0.15, 0.2) is 47.3 Å². The highest BCUT2D eigenvalue weighted by molar-refractivity contribution is 14.1. The largest absolute Gasteiger partial charge is 0.506 e. The van der Waals surface area contributed by atoms with Crippen LogP contribution in [-0.4, -0.2) is 54.8 Å². The minimum atomic E-state index is -0.664. The fourth-order valence-corrected chi connectivity index (χ4v) is 5.21. The number of ether oxygens (including phenoxy) is 3. The van der Waals surface area contributed by atoms with Crippen LogP contribution in [0.4, 0.5) is 0 Å². The number of nitrogens with one attached hydrogen (secondary N) is 1. The number of nitrogens with zero attached hydrogens (tertiary/aromatic N) is 1. The van der Waals surface area contributed by atoms with Gasteiger partial charge in [-0.05, 0) is 53.6 Å². The SMILES string of the molecule is CCOCc1[nH]c(=O)c(C(=O)N2CC[C@H](c3ccccc3)C2)c(O)c1-c1c(OC)cc(I)cc1OC. The minimum absolute atomic E-state index is 0.0290. The first kappa shape index (κ1) is 26.0. The van der Waals surface area contributed by atoms with E-state index in [0.29, 0.717) is 42.5 Å². The van der Waals surface area contributed by atoms with Gasteiger partial charge < -0.3 is 29.2 Å². The van der Waals surface area contributed by atoms with Crippen molar-refractivity contribution < 1.29 is 24.1 Å². The number of hydrogen-bond donors (Lipinski definition) is 2. The van der Waals surface area contributed by atoms with Gasteiger partial charge in [0.2, 0.25) is 0 Å². The second-order valence-electron chi connectivity index (χ2n) is 8.50. The third-order valence-corrected chi connectivity index (χ3v) is 7.02. The standard InChI is InChI=1S/C27H29IN2O6/c1-4-36-15-19-22(23-20(34-2)12-18(28)13-21(23)35-3)25(31)24(26(32)29-19)27(33)30-11-10-17(14-30)16-8-6-5-7-9-16/h5-9,12-13,17H,4,10-11,14-15H2,1-3H3,(H2,29,31,32)/t17-/m0/s1. The van der Waals surface area contributed by atoms with Crippen LogP contribution in [0.5, 0.6) is 17.2 Å². The summed E-state index contributed by atoms with van der Waals surface area (Å²) in [4.78, 5) is 31.1.